The van der Waals surface area contributed by atoms with E-state index < -0.39 is 5.91 Å². The van der Waals surface area contributed by atoms with Gasteiger partial charge in [-0.3, -0.25) is 14.8 Å². The van der Waals surface area contributed by atoms with E-state index in [2.05, 4.69) is 20.6 Å². The van der Waals surface area contributed by atoms with Crippen molar-refractivity contribution < 1.29 is 4.79 Å². The summed E-state index contributed by atoms with van der Waals surface area (Å²) in [7, 11) is 1.70. The van der Waals surface area contributed by atoms with Crippen LogP contribution in [0, 0.1) is 0 Å². The van der Waals surface area contributed by atoms with Crippen LogP contribution in [-0.2, 0) is 13.1 Å². The molecule has 0 aliphatic carbocycles. The maximum absolute atomic E-state index is 11.2. The predicted octanol–water partition coefficient (Wildman–Crippen LogP) is 1.05. The summed E-state index contributed by atoms with van der Waals surface area (Å²) >= 11 is 0. The van der Waals surface area contributed by atoms with Crippen molar-refractivity contribution in [3.05, 3.63) is 65.5 Å². The second-order valence-corrected chi connectivity index (χ2v) is 4.67. The number of carbonyl (C=O) groups excluding carboxylic acids is 1. The first-order valence-corrected chi connectivity index (χ1v) is 6.92. The van der Waals surface area contributed by atoms with E-state index in [9.17, 15) is 4.79 Å². The predicted molar refractivity (Wildman–Crippen MR) is 86.2 cm³/mol. The molecule has 0 atom stereocenters. The van der Waals surface area contributed by atoms with Gasteiger partial charge in [0, 0.05) is 25.4 Å². The molecule has 0 bridgehead atoms. The normalized spacial score (nSPS) is 11.0. The van der Waals surface area contributed by atoms with Crippen LogP contribution in [0.4, 0.5) is 0 Å². The first kappa shape index (κ1) is 15.5. The molecule has 0 fully saturated rings. The molecule has 0 radical (unpaired) electrons. The van der Waals surface area contributed by atoms with Gasteiger partial charge in [-0.2, -0.15) is 0 Å². The number of nitrogens with one attached hydrogen (secondary N) is 2. The quantitative estimate of drug-likeness (QED) is 0.568. The van der Waals surface area contributed by atoms with Crippen LogP contribution in [0.1, 0.15) is 21.6 Å². The van der Waals surface area contributed by atoms with Gasteiger partial charge in [0.15, 0.2) is 5.96 Å². The number of hydrogen-bond donors (Lipinski definition) is 3. The zero-order valence-electron chi connectivity index (χ0n) is 12.4. The van der Waals surface area contributed by atoms with E-state index in [4.69, 9.17) is 5.73 Å². The Kier molecular flexibility index (Phi) is 5.48. The van der Waals surface area contributed by atoms with E-state index in [0.29, 0.717) is 24.6 Å². The number of benzene rings is 1. The minimum atomic E-state index is -0.431. The van der Waals surface area contributed by atoms with Gasteiger partial charge >= 0.3 is 0 Å². The fourth-order valence-electron chi connectivity index (χ4n) is 1.92. The number of amides is 1. The summed E-state index contributed by atoms with van der Waals surface area (Å²) < 4.78 is 0. The second-order valence-electron chi connectivity index (χ2n) is 4.67. The van der Waals surface area contributed by atoms with Crippen molar-refractivity contribution in [1.82, 2.24) is 15.6 Å². The average Bonchev–Trinajstić information content (AvgIpc) is 2.56. The molecule has 4 N–H and O–H groups in total. The third-order valence-corrected chi connectivity index (χ3v) is 3.06. The molecule has 2 aromatic rings. The molecule has 114 valence electrons. The smallest absolute Gasteiger partial charge is 0.248 e. The molecule has 2 rings (SSSR count). The lowest BCUT2D eigenvalue weighted by Crippen LogP contribution is -2.36. The highest BCUT2D eigenvalue weighted by Gasteiger charge is 2.03. The van der Waals surface area contributed by atoms with Gasteiger partial charge in [-0.15, -0.1) is 0 Å². The van der Waals surface area contributed by atoms with Crippen molar-refractivity contribution in [1.29, 1.82) is 0 Å². The van der Waals surface area contributed by atoms with Crippen LogP contribution in [-0.4, -0.2) is 23.9 Å². The Hall–Kier alpha value is -2.89. The standard InChI is InChI=1S/C16H19N5O/c1-18-16(21-11-14-7-2-3-8-19-14)20-10-12-5-4-6-13(9-12)15(17)22/h2-9H,10-11H2,1H3,(H2,17,22)(H2,18,20,21). The summed E-state index contributed by atoms with van der Waals surface area (Å²) in [4.78, 5) is 19.6. The van der Waals surface area contributed by atoms with Crippen LogP contribution in [0.25, 0.3) is 0 Å². The number of aliphatic imine (C=N–C) groups is 1. The Morgan fingerprint density at radius 2 is 2.00 bits per heavy atom. The van der Waals surface area contributed by atoms with E-state index in [1.54, 1.807) is 31.4 Å². The molecule has 1 amide bonds. The van der Waals surface area contributed by atoms with Gasteiger partial charge in [-0.05, 0) is 29.8 Å². The molecule has 0 saturated carbocycles. The minimum absolute atomic E-state index is 0.431. The van der Waals surface area contributed by atoms with Crippen LogP contribution in [0.15, 0.2) is 53.7 Å². The number of nitrogens with two attached hydrogens (primary N) is 1. The number of carbonyl (C=O) groups is 1. The molecule has 1 heterocycles. The third-order valence-electron chi connectivity index (χ3n) is 3.06. The number of hydrogen-bond acceptors (Lipinski definition) is 3. The monoisotopic (exact) mass is 297 g/mol. The Balaban J connectivity index is 1.89. The van der Waals surface area contributed by atoms with Crippen molar-refractivity contribution in [2.45, 2.75) is 13.1 Å². The van der Waals surface area contributed by atoms with E-state index in [1.807, 2.05) is 24.3 Å². The minimum Gasteiger partial charge on any atom is -0.366 e. The lowest BCUT2D eigenvalue weighted by atomic mass is 10.1. The van der Waals surface area contributed by atoms with Gasteiger partial charge in [0.1, 0.15) is 0 Å². The average molecular weight is 297 g/mol. The number of pyridine rings is 1. The highest BCUT2D eigenvalue weighted by molar-refractivity contribution is 5.92. The molecule has 6 heteroatoms. The summed E-state index contributed by atoms with van der Waals surface area (Å²) in [6.07, 6.45) is 1.75. The van der Waals surface area contributed by atoms with Crippen LogP contribution in [0.2, 0.25) is 0 Å². The molecular weight excluding hydrogens is 278 g/mol. The van der Waals surface area contributed by atoms with Crippen molar-refractivity contribution in [3.8, 4) is 0 Å². The largest absolute Gasteiger partial charge is 0.366 e. The van der Waals surface area contributed by atoms with Gasteiger partial charge in [-0.25, -0.2) is 0 Å². The van der Waals surface area contributed by atoms with E-state index in [-0.39, 0.29) is 0 Å². The number of rotatable bonds is 5. The third kappa shape index (κ3) is 4.59. The molecule has 0 unspecified atom stereocenters. The molecule has 6 nitrogen and oxygen atoms in total. The molecule has 1 aromatic carbocycles. The molecule has 22 heavy (non-hydrogen) atoms. The van der Waals surface area contributed by atoms with Crippen molar-refractivity contribution >= 4 is 11.9 Å². The highest BCUT2D eigenvalue weighted by atomic mass is 16.1. The maximum atomic E-state index is 11.2. The Morgan fingerprint density at radius 3 is 2.68 bits per heavy atom. The van der Waals surface area contributed by atoms with Gasteiger partial charge in [0.25, 0.3) is 0 Å². The molecule has 0 aliphatic rings. The second kappa shape index (κ2) is 7.78. The van der Waals surface area contributed by atoms with Crippen LogP contribution in [0.3, 0.4) is 0 Å². The van der Waals surface area contributed by atoms with E-state index in [1.165, 1.54) is 0 Å². The summed E-state index contributed by atoms with van der Waals surface area (Å²) in [5.74, 6) is 0.231. The number of nitrogens with zero attached hydrogens (tertiary/aromatic N) is 2. The first-order valence-electron chi connectivity index (χ1n) is 6.92. The Morgan fingerprint density at radius 1 is 1.18 bits per heavy atom. The number of aromatic nitrogens is 1. The van der Waals surface area contributed by atoms with Gasteiger partial charge < -0.3 is 16.4 Å². The van der Waals surface area contributed by atoms with Crippen LogP contribution in [0.5, 0.6) is 0 Å². The maximum Gasteiger partial charge on any atom is 0.248 e. The molecule has 1 aromatic heterocycles. The summed E-state index contributed by atoms with van der Waals surface area (Å²) in [6.45, 7) is 1.13. The fourth-order valence-corrected chi connectivity index (χ4v) is 1.92. The van der Waals surface area contributed by atoms with Gasteiger partial charge in [-0.1, -0.05) is 18.2 Å². The number of primary amides is 1. The highest BCUT2D eigenvalue weighted by Crippen LogP contribution is 2.04. The van der Waals surface area contributed by atoms with E-state index >= 15 is 0 Å². The molecule has 0 saturated heterocycles. The SMILES string of the molecule is CN=C(NCc1cccc(C(N)=O)c1)NCc1ccccn1. The van der Waals surface area contributed by atoms with Crippen molar-refractivity contribution in [3.63, 3.8) is 0 Å². The van der Waals surface area contributed by atoms with E-state index in [0.717, 1.165) is 11.3 Å². The number of guanidine groups is 1. The molecule has 0 spiro atoms. The Bertz CT molecular complexity index is 655. The zero-order chi connectivity index (χ0) is 15.8. The summed E-state index contributed by atoms with van der Waals surface area (Å²) in [5.41, 5.74) is 7.66. The summed E-state index contributed by atoms with van der Waals surface area (Å²) in [6, 6.07) is 12.9. The Labute approximate surface area is 129 Å². The summed E-state index contributed by atoms with van der Waals surface area (Å²) in [5, 5.41) is 6.36. The fraction of sp³-hybridized carbons (Fsp3) is 0.188. The lowest BCUT2D eigenvalue weighted by molar-refractivity contribution is 0.1000. The van der Waals surface area contributed by atoms with Crippen molar-refractivity contribution in [2.24, 2.45) is 10.7 Å². The topological polar surface area (TPSA) is 92.4 Å². The first-order chi connectivity index (χ1) is 10.7. The van der Waals surface area contributed by atoms with Crippen LogP contribution >= 0.6 is 0 Å². The lowest BCUT2D eigenvalue weighted by Gasteiger charge is -2.12. The van der Waals surface area contributed by atoms with Gasteiger partial charge in [0.05, 0.1) is 12.2 Å². The van der Waals surface area contributed by atoms with Crippen molar-refractivity contribution in [2.75, 3.05) is 7.05 Å². The van der Waals surface area contributed by atoms with Gasteiger partial charge in [0.2, 0.25) is 5.91 Å². The molecule has 0 aliphatic heterocycles. The van der Waals surface area contributed by atoms with Crippen LogP contribution < -0.4 is 16.4 Å². The zero-order valence-corrected chi connectivity index (χ0v) is 12.4. The molecular formula is C16H19N5O.